The van der Waals surface area contributed by atoms with Crippen molar-refractivity contribution in [3.05, 3.63) is 0 Å². The molecule has 0 aromatic rings. The fraction of sp³-hybridized carbons (Fsp3) is 0.700. The molecule has 1 saturated heterocycles. The molecule has 7 heteroatoms. The molecule has 0 aliphatic carbocycles. The maximum Gasteiger partial charge on any atom is 0.328 e. The van der Waals surface area contributed by atoms with Crippen LogP contribution in [0.1, 0.15) is 13.3 Å². The SMILES string of the molecule is C[C@@H](O)[C@H](NC(=O)C1CC(=O)N(C)C1)C(=O)O. The minimum absolute atomic E-state index is 0.0779. The fourth-order valence-corrected chi connectivity index (χ4v) is 1.70. The van der Waals surface area contributed by atoms with Gasteiger partial charge in [-0.15, -0.1) is 0 Å². The molecule has 17 heavy (non-hydrogen) atoms. The zero-order chi connectivity index (χ0) is 13.2. The largest absolute Gasteiger partial charge is 0.480 e. The van der Waals surface area contributed by atoms with Crippen LogP contribution in [0.25, 0.3) is 0 Å². The van der Waals surface area contributed by atoms with Crippen LogP contribution in [0.3, 0.4) is 0 Å². The van der Waals surface area contributed by atoms with Crippen molar-refractivity contribution >= 4 is 17.8 Å². The number of hydrogen-bond donors (Lipinski definition) is 3. The third-order valence-corrected chi connectivity index (χ3v) is 2.76. The molecule has 0 bridgehead atoms. The van der Waals surface area contributed by atoms with Gasteiger partial charge in [-0.25, -0.2) is 4.79 Å². The van der Waals surface area contributed by atoms with Crippen molar-refractivity contribution in [2.75, 3.05) is 13.6 Å². The van der Waals surface area contributed by atoms with E-state index in [1.807, 2.05) is 0 Å². The zero-order valence-electron chi connectivity index (χ0n) is 9.71. The Hall–Kier alpha value is -1.63. The van der Waals surface area contributed by atoms with Gasteiger partial charge in [-0.1, -0.05) is 0 Å². The second kappa shape index (κ2) is 5.13. The molecule has 1 unspecified atom stereocenters. The lowest BCUT2D eigenvalue weighted by Gasteiger charge is -2.19. The lowest BCUT2D eigenvalue weighted by Crippen LogP contribution is -2.49. The van der Waals surface area contributed by atoms with E-state index in [1.54, 1.807) is 7.05 Å². The van der Waals surface area contributed by atoms with E-state index in [4.69, 9.17) is 5.11 Å². The van der Waals surface area contributed by atoms with Gasteiger partial charge in [-0.3, -0.25) is 9.59 Å². The van der Waals surface area contributed by atoms with Crippen molar-refractivity contribution in [3.63, 3.8) is 0 Å². The van der Waals surface area contributed by atoms with Crippen LogP contribution in [-0.4, -0.2) is 58.6 Å². The Morgan fingerprint density at radius 3 is 2.47 bits per heavy atom. The number of aliphatic carboxylic acids is 1. The van der Waals surface area contributed by atoms with E-state index in [0.717, 1.165) is 0 Å². The number of aliphatic hydroxyl groups excluding tert-OH is 1. The predicted molar refractivity (Wildman–Crippen MR) is 57.0 cm³/mol. The first kappa shape index (κ1) is 13.4. The maximum atomic E-state index is 11.7. The van der Waals surface area contributed by atoms with Crippen LogP contribution < -0.4 is 5.32 Å². The summed E-state index contributed by atoms with van der Waals surface area (Å²) in [5.41, 5.74) is 0. The number of aliphatic hydroxyl groups is 1. The monoisotopic (exact) mass is 244 g/mol. The van der Waals surface area contributed by atoms with E-state index in [1.165, 1.54) is 11.8 Å². The lowest BCUT2D eigenvalue weighted by molar-refractivity contribution is -0.145. The molecule has 96 valence electrons. The summed E-state index contributed by atoms with van der Waals surface area (Å²) in [6.45, 7) is 1.56. The number of carboxylic acids is 1. The van der Waals surface area contributed by atoms with Gasteiger partial charge in [0.2, 0.25) is 11.8 Å². The third kappa shape index (κ3) is 3.16. The van der Waals surface area contributed by atoms with Crippen LogP contribution in [0.5, 0.6) is 0 Å². The summed E-state index contributed by atoms with van der Waals surface area (Å²) in [5.74, 6) is -2.51. The second-order valence-electron chi connectivity index (χ2n) is 4.24. The minimum atomic E-state index is -1.34. The first-order valence-corrected chi connectivity index (χ1v) is 5.28. The number of hydrogen-bond acceptors (Lipinski definition) is 4. The maximum absolute atomic E-state index is 11.7. The summed E-state index contributed by atoms with van der Waals surface area (Å²) < 4.78 is 0. The number of nitrogens with zero attached hydrogens (tertiary/aromatic N) is 1. The molecule has 1 fully saturated rings. The number of carbonyl (C=O) groups is 3. The highest BCUT2D eigenvalue weighted by atomic mass is 16.4. The molecule has 1 aliphatic heterocycles. The molecular formula is C10H16N2O5. The summed E-state index contributed by atoms with van der Waals surface area (Å²) in [6.07, 6.45) is -1.11. The molecule has 1 heterocycles. The van der Waals surface area contributed by atoms with Crippen LogP contribution in [0.4, 0.5) is 0 Å². The number of carbonyl (C=O) groups excluding carboxylic acids is 2. The van der Waals surface area contributed by atoms with E-state index in [9.17, 15) is 19.5 Å². The number of amides is 2. The normalized spacial score (nSPS) is 23.4. The van der Waals surface area contributed by atoms with Gasteiger partial charge in [0.25, 0.3) is 0 Å². The van der Waals surface area contributed by atoms with E-state index in [2.05, 4.69) is 5.32 Å². The molecule has 3 atom stereocenters. The smallest absolute Gasteiger partial charge is 0.328 e. The average Bonchev–Trinajstić information content (AvgIpc) is 2.54. The molecule has 1 aliphatic rings. The molecular weight excluding hydrogens is 228 g/mol. The molecule has 1 rings (SSSR count). The van der Waals surface area contributed by atoms with E-state index in [-0.39, 0.29) is 18.9 Å². The average molecular weight is 244 g/mol. The second-order valence-corrected chi connectivity index (χ2v) is 4.24. The summed E-state index contributed by atoms with van der Waals surface area (Å²) in [7, 11) is 1.58. The highest BCUT2D eigenvalue weighted by Crippen LogP contribution is 2.16. The van der Waals surface area contributed by atoms with Crippen molar-refractivity contribution in [2.24, 2.45) is 5.92 Å². The first-order valence-electron chi connectivity index (χ1n) is 5.28. The Bertz CT molecular complexity index is 342. The van der Waals surface area contributed by atoms with Crippen LogP contribution in [0, 0.1) is 5.92 Å². The van der Waals surface area contributed by atoms with E-state index < -0.39 is 29.9 Å². The fourth-order valence-electron chi connectivity index (χ4n) is 1.70. The van der Waals surface area contributed by atoms with Gasteiger partial charge in [0.15, 0.2) is 6.04 Å². The van der Waals surface area contributed by atoms with Gasteiger partial charge in [0.05, 0.1) is 12.0 Å². The Labute approximate surface area is 98.4 Å². The topological polar surface area (TPSA) is 107 Å². The van der Waals surface area contributed by atoms with E-state index >= 15 is 0 Å². The molecule has 0 aromatic heterocycles. The molecule has 0 saturated carbocycles. The van der Waals surface area contributed by atoms with Crippen molar-refractivity contribution in [1.82, 2.24) is 10.2 Å². The van der Waals surface area contributed by atoms with Crippen LogP contribution in [0.2, 0.25) is 0 Å². The molecule has 3 N–H and O–H groups in total. The van der Waals surface area contributed by atoms with Gasteiger partial charge in [-0.2, -0.15) is 0 Å². The first-order chi connectivity index (χ1) is 7.82. The van der Waals surface area contributed by atoms with Crippen LogP contribution in [-0.2, 0) is 14.4 Å². The van der Waals surface area contributed by atoms with Crippen LogP contribution in [0.15, 0.2) is 0 Å². The quantitative estimate of drug-likeness (QED) is 0.553. The van der Waals surface area contributed by atoms with Crippen molar-refractivity contribution in [3.8, 4) is 0 Å². The Morgan fingerprint density at radius 2 is 2.12 bits per heavy atom. The molecule has 7 nitrogen and oxygen atoms in total. The Balaban J connectivity index is 2.60. The number of likely N-dealkylation sites (tertiary alicyclic amines) is 1. The number of nitrogens with one attached hydrogen (secondary N) is 1. The third-order valence-electron chi connectivity index (χ3n) is 2.76. The van der Waals surface area contributed by atoms with Crippen molar-refractivity contribution in [1.29, 1.82) is 0 Å². The van der Waals surface area contributed by atoms with Crippen molar-refractivity contribution < 1.29 is 24.6 Å². The minimum Gasteiger partial charge on any atom is -0.480 e. The summed E-state index contributed by atoms with van der Waals surface area (Å²) in [5, 5.41) is 20.2. The molecule has 0 radical (unpaired) electrons. The Kier molecular flexibility index (Phi) is 4.06. The molecule has 0 spiro atoms. The highest BCUT2D eigenvalue weighted by molar-refractivity contribution is 5.91. The molecule has 0 aromatic carbocycles. The van der Waals surface area contributed by atoms with Crippen molar-refractivity contribution in [2.45, 2.75) is 25.5 Å². The van der Waals surface area contributed by atoms with Gasteiger partial charge in [0.1, 0.15) is 0 Å². The lowest BCUT2D eigenvalue weighted by atomic mass is 10.1. The summed E-state index contributed by atoms with van der Waals surface area (Å²) in [4.78, 5) is 35.1. The summed E-state index contributed by atoms with van der Waals surface area (Å²) in [6, 6.07) is -1.34. The van der Waals surface area contributed by atoms with Gasteiger partial charge < -0.3 is 20.4 Å². The Morgan fingerprint density at radius 1 is 1.53 bits per heavy atom. The van der Waals surface area contributed by atoms with Gasteiger partial charge in [-0.05, 0) is 6.92 Å². The number of carboxylic acid groups (broad SMARTS) is 1. The van der Waals surface area contributed by atoms with E-state index in [0.29, 0.717) is 0 Å². The highest BCUT2D eigenvalue weighted by Gasteiger charge is 2.35. The number of rotatable bonds is 4. The van der Waals surface area contributed by atoms with Crippen LogP contribution >= 0.6 is 0 Å². The van der Waals surface area contributed by atoms with Gasteiger partial charge >= 0.3 is 5.97 Å². The molecule has 2 amide bonds. The summed E-state index contributed by atoms with van der Waals surface area (Å²) >= 11 is 0. The zero-order valence-corrected chi connectivity index (χ0v) is 9.71. The standard InChI is InChI=1S/C10H16N2O5/c1-5(13)8(10(16)17)11-9(15)6-3-7(14)12(2)4-6/h5-6,8,13H,3-4H2,1-2H3,(H,11,15)(H,16,17)/t5-,6?,8+/m1/s1. The van der Waals surface area contributed by atoms with Gasteiger partial charge in [0, 0.05) is 20.0 Å². The predicted octanol–water partition coefficient (Wildman–Crippen LogP) is -1.59.